The lowest BCUT2D eigenvalue weighted by molar-refractivity contribution is -0.117. The maximum Gasteiger partial charge on any atom is 0.245 e. The molecule has 0 saturated carbocycles. The molecule has 0 radical (unpaired) electrons. The number of halogens is 3. The number of anilines is 1. The second-order valence-electron chi connectivity index (χ2n) is 4.62. The third kappa shape index (κ3) is 3.81. The molecular weight excluding hydrogens is 359 g/mol. The Kier molecular flexibility index (Phi) is 4.98. The van der Waals surface area contributed by atoms with Crippen molar-refractivity contribution in [2.75, 3.05) is 5.32 Å². The summed E-state index contributed by atoms with van der Waals surface area (Å²) in [5, 5.41) is 2.71. The first-order valence-electron chi connectivity index (χ1n) is 6.16. The monoisotopic (exact) mass is 370 g/mol. The molecule has 2 aromatic rings. The summed E-state index contributed by atoms with van der Waals surface area (Å²) in [6, 6.07) is 8.85. The highest BCUT2D eigenvalue weighted by molar-refractivity contribution is 9.10. The van der Waals surface area contributed by atoms with E-state index in [4.69, 9.17) is 17.3 Å². The largest absolute Gasteiger partial charge is 0.322 e. The number of hydrogen-bond acceptors (Lipinski definition) is 2. The molecule has 3 N–H and O–H groups in total. The van der Waals surface area contributed by atoms with Gasteiger partial charge in [0.2, 0.25) is 5.91 Å². The number of hydrogen-bond donors (Lipinski definition) is 2. The van der Waals surface area contributed by atoms with Crippen molar-refractivity contribution in [3.05, 3.63) is 62.8 Å². The minimum absolute atomic E-state index is 0.103. The Morgan fingerprint density at radius 2 is 1.95 bits per heavy atom. The number of carbonyl (C=O) groups excluding carboxylic acids is 1. The highest BCUT2D eigenvalue weighted by Crippen LogP contribution is 2.32. The number of nitrogens with two attached hydrogens (primary N) is 1. The van der Waals surface area contributed by atoms with E-state index in [9.17, 15) is 9.18 Å². The summed E-state index contributed by atoms with van der Waals surface area (Å²) in [7, 11) is 0. The van der Waals surface area contributed by atoms with Gasteiger partial charge in [0.05, 0.1) is 10.7 Å². The van der Waals surface area contributed by atoms with Gasteiger partial charge in [-0.3, -0.25) is 4.79 Å². The lowest BCUT2D eigenvalue weighted by Crippen LogP contribution is -2.28. The van der Waals surface area contributed by atoms with Gasteiger partial charge in [-0.1, -0.05) is 41.4 Å². The minimum atomic E-state index is -0.835. The highest BCUT2D eigenvalue weighted by Gasteiger charge is 2.18. The average Bonchev–Trinajstić information content (AvgIpc) is 2.42. The van der Waals surface area contributed by atoms with Gasteiger partial charge in [-0.15, -0.1) is 0 Å². The van der Waals surface area contributed by atoms with Gasteiger partial charge in [0.15, 0.2) is 0 Å². The molecular formula is C15H13BrClFN2O. The molecule has 0 spiro atoms. The number of aryl methyl sites for hydroxylation is 1. The lowest BCUT2D eigenvalue weighted by Gasteiger charge is -2.15. The molecule has 110 valence electrons. The van der Waals surface area contributed by atoms with Gasteiger partial charge in [-0.05, 0) is 40.5 Å². The van der Waals surface area contributed by atoms with E-state index in [0.29, 0.717) is 15.7 Å². The van der Waals surface area contributed by atoms with Gasteiger partial charge in [0.1, 0.15) is 11.9 Å². The summed E-state index contributed by atoms with van der Waals surface area (Å²) < 4.78 is 13.5. The predicted octanol–water partition coefficient (Wildman–Crippen LogP) is 4.19. The van der Waals surface area contributed by atoms with Crippen molar-refractivity contribution < 1.29 is 9.18 Å². The quantitative estimate of drug-likeness (QED) is 0.850. The van der Waals surface area contributed by atoms with Crippen LogP contribution in [0.5, 0.6) is 0 Å². The van der Waals surface area contributed by atoms with Gasteiger partial charge in [-0.25, -0.2) is 4.39 Å². The Balaban J connectivity index is 2.20. The van der Waals surface area contributed by atoms with Crippen LogP contribution in [0.1, 0.15) is 17.2 Å². The maximum atomic E-state index is 13.2. The molecule has 0 aliphatic heterocycles. The zero-order valence-corrected chi connectivity index (χ0v) is 13.5. The molecule has 2 rings (SSSR count). The first-order valence-corrected chi connectivity index (χ1v) is 7.33. The van der Waals surface area contributed by atoms with Crippen LogP contribution in [-0.4, -0.2) is 5.91 Å². The molecule has 1 unspecified atom stereocenters. The van der Waals surface area contributed by atoms with Crippen LogP contribution < -0.4 is 11.1 Å². The van der Waals surface area contributed by atoms with Crippen molar-refractivity contribution in [2.45, 2.75) is 13.0 Å². The van der Waals surface area contributed by atoms with E-state index >= 15 is 0 Å². The van der Waals surface area contributed by atoms with Gasteiger partial charge < -0.3 is 11.1 Å². The third-order valence-corrected chi connectivity index (χ3v) is 3.90. The fourth-order valence-corrected chi connectivity index (χ4v) is 2.69. The van der Waals surface area contributed by atoms with E-state index in [1.165, 1.54) is 6.07 Å². The number of benzene rings is 2. The second-order valence-corrected chi connectivity index (χ2v) is 5.88. The second kappa shape index (κ2) is 6.56. The Morgan fingerprint density at radius 1 is 1.33 bits per heavy atom. The Morgan fingerprint density at radius 3 is 2.52 bits per heavy atom. The molecule has 0 saturated heterocycles. The van der Waals surface area contributed by atoms with Gasteiger partial charge >= 0.3 is 0 Å². The maximum absolute atomic E-state index is 13.2. The molecule has 0 heterocycles. The average molecular weight is 372 g/mol. The fourth-order valence-electron chi connectivity index (χ4n) is 1.79. The molecule has 0 aliphatic carbocycles. The normalized spacial score (nSPS) is 12.0. The van der Waals surface area contributed by atoms with Gasteiger partial charge in [-0.2, -0.15) is 0 Å². The number of nitrogens with one attached hydrogen (secondary N) is 1. The number of rotatable bonds is 3. The Labute approximate surface area is 135 Å². The smallest absolute Gasteiger partial charge is 0.245 e. The highest BCUT2D eigenvalue weighted by atomic mass is 79.9. The van der Waals surface area contributed by atoms with Crippen LogP contribution in [-0.2, 0) is 4.79 Å². The minimum Gasteiger partial charge on any atom is -0.322 e. The van der Waals surface area contributed by atoms with E-state index < -0.39 is 17.8 Å². The van der Waals surface area contributed by atoms with Crippen molar-refractivity contribution in [3.63, 3.8) is 0 Å². The van der Waals surface area contributed by atoms with Crippen molar-refractivity contribution in [1.82, 2.24) is 0 Å². The van der Waals surface area contributed by atoms with E-state index in [1.54, 1.807) is 12.1 Å². The molecule has 1 amide bonds. The zero-order valence-electron chi connectivity index (χ0n) is 11.2. The van der Waals surface area contributed by atoms with E-state index in [2.05, 4.69) is 21.2 Å². The van der Waals surface area contributed by atoms with E-state index in [1.807, 2.05) is 19.1 Å². The van der Waals surface area contributed by atoms with Crippen LogP contribution in [0.25, 0.3) is 0 Å². The standard InChI is InChI=1S/C15H13BrClFN2O/c1-8-2-4-9(5-3-8)13(19)15(21)20-14-11(16)6-10(18)7-12(14)17/h2-7,13H,19H2,1H3,(H,20,21). The van der Waals surface area contributed by atoms with Crippen LogP contribution in [0.2, 0.25) is 5.02 Å². The van der Waals surface area contributed by atoms with Crippen molar-refractivity contribution in [2.24, 2.45) is 5.73 Å². The molecule has 6 heteroatoms. The van der Waals surface area contributed by atoms with Crippen LogP contribution in [0.4, 0.5) is 10.1 Å². The van der Waals surface area contributed by atoms with Crippen molar-refractivity contribution in [3.8, 4) is 0 Å². The van der Waals surface area contributed by atoms with Crippen molar-refractivity contribution in [1.29, 1.82) is 0 Å². The number of amides is 1. The molecule has 0 bridgehead atoms. The predicted molar refractivity (Wildman–Crippen MR) is 85.8 cm³/mol. The zero-order chi connectivity index (χ0) is 15.6. The number of carbonyl (C=O) groups is 1. The molecule has 0 aliphatic rings. The summed E-state index contributed by atoms with van der Waals surface area (Å²) in [4.78, 5) is 12.2. The molecule has 3 nitrogen and oxygen atoms in total. The third-order valence-electron chi connectivity index (χ3n) is 2.97. The molecule has 2 aromatic carbocycles. The molecule has 0 aromatic heterocycles. The van der Waals surface area contributed by atoms with Crippen LogP contribution in [0, 0.1) is 12.7 Å². The summed E-state index contributed by atoms with van der Waals surface area (Å²) in [6.45, 7) is 1.95. The summed E-state index contributed by atoms with van der Waals surface area (Å²) >= 11 is 9.09. The van der Waals surface area contributed by atoms with Crippen LogP contribution in [0.3, 0.4) is 0 Å². The Bertz CT molecular complexity index is 653. The van der Waals surface area contributed by atoms with Crippen LogP contribution >= 0.6 is 27.5 Å². The van der Waals surface area contributed by atoms with Crippen LogP contribution in [0.15, 0.2) is 40.9 Å². The Hall–Kier alpha value is -1.43. The SMILES string of the molecule is Cc1ccc(C(N)C(=O)Nc2c(Cl)cc(F)cc2Br)cc1. The lowest BCUT2D eigenvalue weighted by atomic mass is 10.1. The summed E-state index contributed by atoms with van der Waals surface area (Å²) in [5.41, 5.74) is 7.99. The van der Waals surface area contributed by atoms with Gasteiger partial charge in [0.25, 0.3) is 0 Å². The summed E-state index contributed by atoms with van der Waals surface area (Å²) in [6.07, 6.45) is 0. The molecule has 0 fully saturated rings. The van der Waals surface area contributed by atoms with E-state index in [-0.39, 0.29) is 5.02 Å². The summed E-state index contributed by atoms with van der Waals surface area (Å²) in [5.74, 6) is -0.916. The molecule has 21 heavy (non-hydrogen) atoms. The van der Waals surface area contributed by atoms with Crippen molar-refractivity contribution >= 4 is 39.1 Å². The first kappa shape index (κ1) is 15.9. The van der Waals surface area contributed by atoms with E-state index in [0.717, 1.165) is 11.6 Å². The van der Waals surface area contributed by atoms with Gasteiger partial charge in [0, 0.05) is 4.47 Å². The molecule has 1 atom stereocenters. The first-order chi connectivity index (χ1) is 9.88. The fraction of sp³-hybridized carbons (Fsp3) is 0.133. The topological polar surface area (TPSA) is 55.1 Å².